The van der Waals surface area contributed by atoms with Crippen LogP contribution in [0.15, 0.2) is 6.07 Å². The zero-order chi connectivity index (χ0) is 13.4. The van der Waals surface area contributed by atoms with Crippen molar-refractivity contribution in [3.63, 3.8) is 0 Å². The number of hydrogen-bond acceptors (Lipinski definition) is 4. The zero-order valence-electron chi connectivity index (χ0n) is 7.83. The summed E-state index contributed by atoms with van der Waals surface area (Å²) in [5.74, 6) is 0. The summed E-state index contributed by atoms with van der Waals surface area (Å²) in [4.78, 5) is 11.5. The lowest BCUT2D eigenvalue weighted by atomic mass is 10.2. The number of rotatable bonds is 2. The van der Waals surface area contributed by atoms with E-state index >= 15 is 0 Å². The number of aromatic nitrogens is 1. The maximum Gasteiger partial charge on any atom is 0.440 e. The normalized spacial score (nSPS) is 11.9. The van der Waals surface area contributed by atoms with Crippen molar-refractivity contribution in [2.45, 2.75) is 12.6 Å². The predicted molar refractivity (Wildman–Crippen MR) is 45.3 cm³/mol. The third kappa shape index (κ3) is 2.57. The van der Waals surface area contributed by atoms with E-state index in [4.69, 9.17) is 5.73 Å². The smallest absolute Gasteiger partial charge is 0.393 e. The summed E-state index contributed by atoms with van der Waals surface area (Å²) in [6, 6.07) is 0.345. The number of anilines is 1. The zero-order valence-corrected chi connectivity index (χ0v) is 7.83. The summed E-state index contributed by atoms with van der Waals surface area (Å²) >= 11 is 0. The van der Waals surface area contributed by atoms with Gasteiger partial charge in [-0.3, -0.25) is 10.1 Å². The first kappa shape index (κ1) is 13.1. The van der Waals surface area contributed by atoms with E-state index in [1.807, 2.05) is 0 Å². The molecule has 0 spiro atoms. The Labute approximate surface area is 90.2 Å². The Kier molecular flexibility index (Phi) is 3.16. The molecule has 10 heteroatoms. The summed E-state index contributed by atoms with van der Waals surface area (Å²) < 4.78 is 61.5. The molecule has 0 saturated heterocycles. The van der Waals surface area contributed by atoms with Gasteiger partial charge in [0.15, 0.2) is 0 Å². The molecule has 0 aliphatic heterocycles. The summed E-state index contributed by atoms with van der Waals surface area (Å²) in [5, 5.41) is 10.4. The first-order valence-electron chi connectivity index (χ1n) is 3.94. The minimum atomic E-state index is -5.23. The number of halogens is 5. The minimum absolute atomic E-state index is 0.345. The molecule has 0 unspecified atom stereocenters. The van der Waals surface area contributed by atoms with E-state index in [1.165, 1.54) is 0 Å². The third-order valence-electron chi connectivity index (χ3n) is 1.72. The Hall–Kier alpha value is -2.00. The van der Waals surface area contributed by atoms with Gasteiger partial charge in [0.2, 0.25) is 5.69 Å². The van der Waals surface area contributed by atoms with Crippen LogP contribution in [0.3, 0.4) is 0 Å². The molecule has 0 fully saturated rings. The first-order chi connectivity index (χ1) is 7.64. The lowest BCUT2D eigenvalue weighted by molar-refractivity contribution is -0.387. The Morgan fingerprint density at radius 3 is 2.29 bits per heavy atom. The summed E-state index contributed by atoms with van der Waals surface area (Å²) in [5.41, 5.74) is -0.884. The second-order valence-corrected chi connectivity index (χ2v) is 2.89. The van der Waals surface area contributed by atoms with E-state index in [0.717, 1.165) is 0 Å². The molecule has 0 amide bonds. The number of hydrogen-bond donors (Lipinski definition) is 1. The van der Waals surface area contributed by atoms with E-state index in [2.05, 4.69) is 4.98 Å². The van der Waals surface area contributed by atoms with Crippen molar-refractivity contribution in [2.75, 3.05) is 5.73 Å². The molecule has 1 aromatic rings. The molecular weight excluding hydrogens is 253 g/mol. The van der Waals surface area contributed by atoms with Crippen molar-refractivity contribution < 1.29 is 26.9 Å². The number of nitrogens with two attached hydrogens (primary N) is 1. The summed E-state index contributed by atoms with van der Waals surface area (Å²) in [7, 11) is 0. The van der Waals surface area contributed by atoms with Gasteiger partial charge in [0.25, 0.3) is 6.43 Å². The summed E-state index contributed by atoms with van der Waals surface area (Å²) in [6.07, 6.45) is -8.54. The van der Waals surface area contributed by atoms with Gasteiger partial charge in [0, 0.05) is 0 Å². The molecule has 5 nitrogen and oxygen atoms in total. The highest BCUT2D eigenvalue weighted by atomic mass is 19.4. The maximum atomic E-state index is 12.4. The Balaban J connectivity index is 3.57. The molecule has 1 aromatic heterocycles. The van der Waals surface area contributed by atoms with E-state index in [9.17, 15) is 32.1 Å². The van der Waals surface area contributed by atoms with Crippen molar-refractivity contribution in [1.82, 2.24) is 4.98 Å². The molecule has 0 aromatic carbocycles. The number of pyridine rings is 1. The molecule has 2 N–H and O–H groups in total. The first-order valence-corrected chi connectivity index (χ1v) is 3.94. The third-order valence-corrected chi connectivity index (χ3v) is 1.72. The van der Waals surface area contributed by atoms with Crippen LogP contribution in [0.5, 0.6) is 0 Å². The lowest BCUT2D eigenvalue weighted by Crippen LogP contribution is -2.15. The standard InChI is InChI=1S/C7H4F5N3O2/c8-6(9)3-1-2(13)4(15(16)17)5(14-3)7(10,11)12/h1,6H,(H2,13,14). The molecule has 1 heterocycles. The van der Waals surface area contributed by atoms with Crippen LogP contribution in [-0.4, -0.2) is 9.91 Å². The molecule has 17 heavy (non-hydrogen) atoms. The highest BCUT2D eigenvalue weighted by molar-refractivity contribution is 5.62. The average Bonchev–Trinajstić information content (AvgIpc) is 2.14. The lowest BCUT2D eigenvalue weighted by Gasteiger charge is -2.10. The van der Waals surface area contributed by atoms with Crippen LogP contribution in [0.2, 0.25) is 0 Å². The van der Waals surface area contributed by atoms with Crippen molar-refractivity contribution in [1.29, 1.82) is 0 Å². The van der Waals surface area contributed by atoms with Gasteiger partial charge in [-0.15, -0.1) is 0 Å². The van der Waals surface area contributed by atoms with Gasteiger partial charge in [-0.1, -0.05) is 0 Å². The molecule has 0 atom stereocenters. The van der Waals surface area contributed by atoms with Crippen LogP contribution in [0.4, 0.5) is 33.3 Å². The number of alkyl halides is 5. The Morgan fingerprint density at radius 1 is 1.41 bits per heavy atom. The molecular formula is C7H4F5N3O2. The highest BCUT2D eigenvalue weighted by Crippen LogP contribution is 2.39. The van der Waals surface area contributed by atoms with Gasteiger partial charge >= 0.3 is 11.9 Å². The van der Waals surface area contributed by atoms with E-state index in [-0.39, 0.29) is 0 Å². The minimum Gasteiger partial charge on any atom is -0.393 e. The van der Waals surface area contributed by atoms with Gasteiger partial charge in [-0.2, -0.15) is 13.2 Å². The summed E-state index contributed by atoms with van der Waals surface area (Å²) in [6.45, 7) is 0. The second-order valence-electron chi connectivity index (χ2n) is 2.89. The topological polar surface area (TPSA) is 82.0 Å². The monoisotopic (exact) mass is 257 g/mol. The van der Waals surface area contributed by atoms with Gasteiger partial charge < -0.3 is 5.73 Å². The fourth-order valence-electron chi connectivity index (χ4n) is 1.08. The van der Waals surface area contributed by atoms with Crippen LogP contribution < -0.4 is 5.73 Å². The SMILES string of the molecule is Nc1cc(C(F)F)nc(C(F)(F)F)c1[N+](=O)[O-]. The number of nitro groups is 1. The molecule has 94 valence electrons. The van der Waals surface area contributed by atoms with Crippen LogP contribution in [0.1, 0.15) is 17.8 Å². The van der Waals surface area contributed by atoms with E-state index in [0.29, 0.717) is 6.07 Å². The second kappa shape index (κ2) is 4.11. The molecule has 0 aliphatic carbocycles. The van der Waals surface area contributed by atoms with Crippen molar-refractivity contribution in [2.24, 2.45) is 0 Å². The number of nitrogens with zero attached hydrogens (tertiary/aromatic N) is 2. The Bertz CT molecular complexity index is 460. The van der Waals surface area contributed by atoms with Crippen molar-refractivity contribution in [3.8, 4) is 0 Å². The van der Waals surface area contributed by atoms with Crippen LogP contribution in [0, 0.1) is 10.1 Å². The fraction of sp³-hybridized carbons (Fsp3) is 0.286. The predicted octanol–water partition coefficient (Wildman–Crippen LogP) is 2.53. The molecule has 0 aliphatic rings. The van der Waals surface area contributed by atoms with Crippen molar-refractivity contribution in [3.05, 3.63) is 27.6 Å². The van der Waals surface area contributed by atoms with Crippen molar-refractivity contribution >= 4 is 11.4 Å². The van der Waals surface area contributed by atoms with Gasteiger partial charge in [-0.05, 0) is 6.07 Å². The average molecular weight is 257 g/mol. The van der Waals surface area contributed by atoms with Gasteiger partial charge in [0.1, 0.15) is 11.4 Å². The number of nitrogen functional groups attached to an aromatic ring is 1. The highest BCUT2D eigenvalue weighted by Gasteiger charge is 2.42. The quantitative estimate of drug-likeness (QED) is 0.501. The molecule has 0 radical (unpaired) electrons. The molecule has 1 rings (SSSR count). The molecule has 0 bridgehead atoms. The van der Waals surface area contributed by atoms with E-state index < -0.39 is 40.3 Å². The maximum absolute atomic E-state index is 12.4. The van der Waals surface area contributed by atoms with Gasteiger partial charge in [-0.25, -0.2) is 13.8 Å². The Morgan fingerprint density at radius 2 is 1.94 bits per heavy atom. The van der Waals surface area contributed by atoms with Gasteiger partial charge in [0.05, 0.1) is 4.92 Å². The van der Waals surface area contributed by atoms with E-state index in [1.54, 1.807) is 0 Å². The van der Waals surface area contributed by atoms with Crippen LogP contribution in [0.25, 0.3) is 0 Å². The largest absolute Gasteiger partial charge is 0.440 e. The molecule has 0 saturated carbocycles. The fourth-order valence-corrected chi connectivity index (χ4v) is 1.08. The van der Waals surface area contributed by atoms with Crippen LogP contribution in [-0.2, 0) is 6.18 Å². The van der Waals surface area contributed by atoms with Crippen LogP contribution >= 0.6 is 0 Å².